The van der Waals surface area contributed by atoms with Crippen LogP contribution in [-0.2, 0) is 13.2 Å². The summed E-state index contributed by atoms with van der Waals surface area (Å²) >= 11 is 3.55. The lowest BCUT2D eigenvalue weighted by molar-refractivity contribution is 0.295. The van der Waals surface area contributed by atoms with Crippen molar-refractivity contribution in [3.05, 3.63) is 57.8 Å². The van der Waals surface area contributed by atoms with Gasteiger partial charge in [0.15, 0.2) is 0 Å². The first-order valence-electron chi connectivity index (χ1n) is 7.11. The van der Waals surface area contributed by atoms with E-state index in [-0.39, 0.29) is 0 Å². The van der Waals surface area contributed by atoms with Crippen LogP contribution in [0.25, 0.3) is 0 Å². The summed E-state index contributed by atoms with van der Waals surface area (Å²) in [6.07, 6.45) is 1.79. The van der Waals surface area contributed by atoms with Gasteiger partial charge in [0.05, 0.1) is 5.69 Å². The number of rotatable bonds is 6. The predicted octanol–water partition coefficient (Wildman–Crippen LogP) is 4.23. The van der Waals surface area contributed by atoms with Gasteiger partial charge < -0.3 is 10.1 Å². The first kappa shape index (κ1) is 16.0. The Kier molecular flexibility index (Phi) is 5.76. The number of halogens is 1. The van der Waals surface area contributed by atoms with Crippen molar-refractivity contribution < 1.29 is 4.74 Å². The molecule has 2 rings (SSSR count). The SMILES string of the molecule is Cc1cc(Br)cc(CNC(C)C)c1OCc1ccccn1. The van der Waals surface area contributed by atoms with E-state index >= 15 is 0 Å². The Morgan fingerprint density at radius 2 is 2.10 bits per heavy atom. The second kappa shape index (κ2) is 7.57. The van der Waals surface area contributed by atoms with E-state index in [2.05, 4.69) is 59.1 Å². The van der Waals surface area contributed by atoms with Gasteiger partial charge in [0, 0.05) is 28.8 Å². The molecule has 0 unspecified atom stereocenters. The molecule has 1 aromatic carbocycles. The first-order chi connectivity index (χ1) is 10.1. The minimum absolute atomic E-state index is 0.438. The molecule has 0 radical (unpaired) electrons. The van der Waals surface area contributed by atoms with Gasteiger partial charge in [-0.15, -0.1) is 0 Å². The molecule has 21 heavy (non-hydrogen) atoms. The zero-order chi connectivity index (χ0) is 15.2. The molecule has 2 aromatic rings. The maximum atomic E-state index is 6.02. The van der Waals surface area contributed by atoms with Crippen LogP contribution >= 0.6 is 15.9 Å². The van der Waals surface area contributed by atoms with E-state index in [4.69, 9.17) is 4.74 Å². The summed E-state index contributed by atoms with van der Waals surface area (Å²) in [6, 6.07) is 10.5. The van der Waals surface area contributed by atoms with Gasteiger partial charge >= 0.3 is 0 Å². The third-order valence-corrected chi connectivity index (χ3v) is 3.57. The van der Waals surface area contributed by atoms with Crippen molar-refractivity contribution in [3.63, 3.8) is 0 Å². The molecule has 112 valence electrons. The molecule has 0 amide bonds. The van der Waals surface area contributed by atoms with E-state index in [0.717, 1.165) is 33.6 Å². The number of benzene rings is 1. The van der Waals surface area contributed by atoms with E-state index in [0.29, 0.717) is 12.6 Å². The number of hydrogen-bond donors (Lipinski definition) is 1. The van der Waals surface area contributed by atoms with Gasteiger partial charge in [0.1, 0.15) is 12.4 Å². The van der Waals surface area contributed by atoms with Crippen LogP contribution in [0.1, 0.15) is 30.7 Å². The van der Waals surface area contributed by atoms with Crippen LogP contribution in [-0.4, -0.2) is 11.0 Å². The predicted molar refractivity (Wildman–Crippen MR) is 89.4 cm³/mol. The Morgan fingerprint density at radius 1 is 1.29 bits per heavy atom. The third-order valence-electron chi connectivity index (χ3n) is 3.11. The van der Waals surface area contributed by atoms with Crippen LogP contribution in [0.5, 0.6) is 5.75 Å². The molecule has 1 N–H and O–H groups in total. The zero-order valence-electron chi connectivity index (χ0n) is 12.7. The lowest BCUT2D eigenvalue weighted by Crippen LogP contribution is -2.22. The number of aromatic nitrogens is 1. The quantitative estimate of drug-likeness (QED) is 0.848. The summed E-state index contributed by atoms with van der Waals surface area (Å²) in [7, 11) is 0. The molecule has 0 saturated carbocycles. The summed E-state index contributed by atoms with van der Waals surface area (Å²) in [5.41, 5.74) is 3.22. The molecule has 1 heterocycles. The van der Waals surface area contributed by atoms with Crippen molar-refractivity contribution in [3.8, 4) is 5.75 Å². The minimum atomic E-state index is 0.438. The van der Waals surface area contributed by atoms with Gasteiger partial charge in [-0.1, -0.05) is 35.8 Å². The van der Waals surface area contributed by atoms with Gasteiger partial charge in [-0.2, -0.15) is 0 Å². The first-order valence-corrected chi connectivity index (χ1v) is 7.90. The molecule has 0 spiro atoms. The molecule has 4 heteroatoms. The molecule has 0 aliphatic heterocycles. The Morgan fingerprint density at radius 3 is 2.76 bits per heavy atom. The highest BCUT2D eigenvalue weighted by Crippen LogP contribution is 2.28. The van der Waals surface area contributed by atoms with Gasteiger partial charge in [-0.3, -0.25) is 4.98 Å². The van der Waals surface area contributed by atoms with E-state index in [9.17, 15) is 0 Å². The van der Waals surface area contributed by atoms with E-state index in [1.165, 1.54) is 0 Å². The fourth-order valence-electron chi connectivity index (χ4n) is 2.08. The summed E-state index contributed by atoms with van der Waals surface area (Å²) in [4.78, 5) is 4.30. The van der Waals surface area contributed by atoms with Crippen LogP contribution in [0.15, 0.2) is 41.0 Å². The molecular weight excluding hydrogens is 328 g/mol. The number of nitrogens with zero attached hydrogens (tertiary/aromatic N) is 1. The molecule has 0 saturated heterocycles. The minimum Gasteiger partial charge on any atom is -0.487 e. The second-order valence-electron chi connectivity index (χ2n) is 5.36. The molecule has 0 aliphatic carbocycles. The van der Waals surface area contributed by atoms with Gasteiger partial charge in [-0.05, 0) is 36.8 Å². The maximum absolute atomic E-state index is 6.02. The smallest absolute Gasteiger partial charge is 0.130 e. The van der Waals surface area contributed by atoms with Crippen molar-refractivity contribution in [2.24, 2.45) is 0 Å². The van der Waals surface area contributed by atoms with Gasteiger partial charge in [-0.25, -0.2) is 0 Å². The summed E-state index contributed by atoms with van der Waals surface area (Å²) in [5.74, 6) is 0.942. The average Bonchev–Trinajstić information content (AvgIpc) is 2.45. The summed E-state index contributed by atoms with van der Waals surface area (Å²) < 4.78 is 7.09. The fourth-order valence-corrected chi connectivity index (χ4v) is 2.70. The number of nitrogens with one attached hydrogen (secondary N) is 1. The van der Waals surface area contributed by atoms with Crippen molar-refractivity contribution in [2.75, 3.05) is 0 Å². The monoisotopic (exact) mass is 348 g/mol. The lowest BCUT2D eigenvalue weighted by Gasteiger charge is -2.16. The standard InChI is InChI=1S/C17H21BrN2O/c1-12(2)20-10-14-9-15(18)8-13(3)17(14)21-11-16-6-4-5-7-19-16/h4-9,12,20H,10-11H2,1-3H3. The highest BCUT2D eigenvalue weighted by Gasteiger charge is 2.10. The van der Waals surface area contributed by atoms with Gasteiger partial charge in [0.2, 0.25) is 0 Å². The maximum Gasteiger partial charge on any atom is 0.130 e. The molecule has 0 aliphatic rings. The van der Waals surface area contributed by atoms with E-state index < -0.39 is 0 Å². The van der Waals surface area contributed by atoms with Crippen LogP contribution in [0.2, 0.25) is 0 Å². The van der Waals surface area contributed by atoms with E-state index in [1.54, 1.807) is 6.20 Å². The van der Waals surface area contributed by atoms with Crippen LogP contribution in [0.3, 0.4) is 0 Å². The second-order valence-corrected chi connectivity index (χ2v) is 6.27. The van der Waals surface area contributed by atoms with Crippen molar-refractivity contribution >= 4 is 15.9 Å². The molecule has 3 nitrogen and oxygen atoms in total. The molecule has 0 fully saturated rings. The summed E-state index contributed by atoms with van der Waals surface area (Å²) in [5, 5.41) is 3.44. The largest absolute Gasteiger partial charge is 0.487 e. The normalized spacial score (nSPS) is 10.9. The van der Waals surface area contributed by atoms with E-state index in [1.807, 2.05) is 18.2 Å². The number of hydrogen-bond acceptors (Lipinski definition) is 3. The molecule has 0 bridgehead atoms. The highest BCUT2D eigenvalue weighted by atomic mass is 79.9. The Labute approximate surface area is 134 Å². The third kappa shape index (κ3) is 4.83. The van der Waals surface area contributed by atoms with Crippen molar-refractivity contribution in [1.29, 1.82) is 0 Å². The van der Waals surface area contributed by atoms with Crippen LogP contribution < -0.4 is 10.1 Å². The zero-order valence-corrected chi connectivity index (χ0v) is 14.3. The molecular formula is C17H21BrN2O. The molecule has 0 atom stereocenters. The Bertz CT molecular complexity index is 585. The van der Waals surface area contributed by atoms with Crippen molar-refractivity contribution in [2.45, 2.75) is 40.0 Å². The summed E-state index contributed by atoms with van der Waals surface area (Å²) in [6.45, 7) is 7.61. The lowest BCUT2D eigenvalue weighted by atomic mass is 10.1. The number of aryl methyl sites for hydroxylation is 1. The van der Waals surface area contributed by atoms with Crippen molar-refractivity contribution in [1.82, 2.24) is 10.3 Å². The Balaban J connectivity index is 2.16. The molecule has 1 aromatic heterocycles. The van der Waals surface area contributed by atoms with Crippen LogP contribution in [0.4, 0.5) is 0 Å². The average molecular weight is 349 g/mol. The fraction of sp³-hybridized carbons (Fsp3) is 0.353. The number of pyridine rings is 1. The Hall–Kier alpha value is -1.39. The van der Waals surface area contributed by atoms with Gasteiger partial charge in [0.25, 0.3) is 0 Å². The topological polar surface area (TPSA) is 34.1 Å². The highest BCUT2D eigenvalue weighted by molar-refractivity contribution is 9.10. The van der Waals surface area contributed by atoms with Crippen LogP contribution in [0, 0.1) is 6.92 Å². The number of ether oxygens (including phenoxy) is 1.